The van der Waals surface area contributed by atoms with Crippen LogP contribution in [0.2, 0.25) is 0 Å². The Hall–Kier alpha value is -3.04. The standard InChI is InChI=1S/C23H21FN4O2S2/c1-14(2)12-25-20-17(21(29)27-10-4-3-5-19(27)26-20)11-18-22(30)28(23(31)32-18)13-15-6-8-16(24)9-7-15/h3-11,14,25H,12-13H2,1-2H3/b18-11+. The summed E-state index contributed by atoms with van der Waals surface area (Å²) in [7, 11) is 0. The van der Waals surface area contributed by atoms with Gasteiger partial charge < -0.3 is 5.32 Å². The molecule has 0 atom stereocenters. The van der Waals surface area contributed by atoms with E-state index in [2.05, 4.69) is 24.1 Å². The first-order valence-electron chi connectivity index (χ1n) is 10.1. The van der Waals surface area contributed by atoms with Gasteiger partial charge in [0.1, 0.15) is 21.6 Å². The van der Waals surface area contributed by atoms with Crippen molar-refractivity contribution in [3.05, 3.63) is 80.9 Å². The topological polar surface area (TPSA) is 66.7 Å². The first-order chi connectivity index (χ1) is 15.3. The molecular formula is C23H21FN4O2S2. The van der Waals surface area contributed by atoms with Crippen LogP contribution in [0.15, 0.2) is 58.4 Å². The van der Waals surface area contributed by atoms with Crippen LogP contribution in [0.1, 0.15) is 25.0 Å². The third-order valence-corrected chi connectivity index (χ3v) is 6.23. The van der Waals surface area contributed by atoms with Crippen LogP contribution in [0, 0.1) is 11.7 Å². The fourth-order valence-electron chi connectivity index (χ4n) is 3.21. The number of nitrogens with one attached hydrogen (secondary N) is 1. The van der Waals surface area contributed by atoms with E-state index in [1.807, 2.05) is 6.07 Å². The van der Waals surface area contributed by atoms with Gasteiger partial charge in [-0.3, -0.25) is 18.9 Å². The summed E-state index contributed by atoms with van der Waals surface area (Å²) < 4.78 is 15.0. The maximum Gasteiger partial charge on any atom is 0.267 e. The minimum atomic E-state index is -0.343. The molecule has 0 saturated carbocycles. The zero-order valence-corrected chi connectivity index (χ0v) is 19.2. The van der Waals surface area contributed by atoms with E-state index in [0.717, 1.165) is 17.3 Å². The van der Waals surface area contributed by atoms with Crippen LogP contribution in [-0.4, -0.2) is 31.1 Å². The number of thiocarbonyl (C=S) groups is 1. The number of carbonyl (C=O) groups is 1. The summed E-state index contributed by atoms with van der Waals surface area (Å²) in [6.07, 6.45) is 3.20. The lowest BCUT2D eigenvalue weighted by Crippen LogP contribution is -2.27. The molecule has 2 aromatic heterocycles. The molecule has 9 heteroatoms. The number of benzene rings is 1. The lowest BCUT2D eigenvalue weighted by atomic mass is 10.2. The van der Waals surface area contributed by atoms with Gasteiger partial charge in [0.25, 0.3) is 11.5 Å². The first-order valence-corrected chi connectivity index (χ1v) is 11.3. The Morgan fingerprint density at radius 2 is 1.94 bits per heavy atom. The molecule has 164 valence electrons. The van der Waals surface area contributed by atoms with Crippen LogP contribution < -0.4 is 10.9 Å². The van der Waals surface area contributed by atoms with E-state index in [0.29, 0.717) is 38.7 Å². The van der Waals surface area contributed by atoms with Gasteiger partial charge in [-0.2, -0.15) is 0 Å². The second-order valence-electron chi connectivity index (χ2n) is 7.78. The van der Waals surface area contributed by atoms with Crippen LogP contribution in [-0.2, 0) is 11.3 Å². The summed E-state index contributed by atoms with van der Waals surface area (Å²) in [5.41, 5.74) is 1.31. The first kappa shape index (κ1) is 22.2. The number of hydrogen-bond donors (Lipinski definition) is 1. The van der Waals surface area contributed by atoms with Gasteiger partial charge in [-0.05, 0) is 41.8 Å². The molecule has 0 bridgehead atoms. The highest BCUT2D eigenvalue weighted by atomic mass is 32.2. The summed E-state index contributed by atoms with van der Waals surface area (Å²) in [5, 5.41) is 3.23. The number of thioether (sulfide) groups is 1. The predicted molar refractivity (Wildman–Crippen MR) is 130 cm³/mol. The number of rotatable bonds is 6. The van der Waals surface area contributed by atoms with Crippen molar-refractivity contribution in [3.63, 3.8) is 0 Å². The summed E-state index contributed by atoms with van der Waals surface area (Å²) in [6, 6.07) is 11.2. The average molecular weight is 469 g/mol. The molecule has 0 unspecified atom stereocenters. The van der Waals surface area contributed by atoms with Crippen LogP contribution >= 0.6 is 24.0 Å². The number of carbonyl (C=O) groups excluding carboxylic acids is 1. The van der Waals surface area contributed by atoms with Crippen LogP contribution in [0.5, 0.6) is 0 Å². The number of halogens is 1. The second kappa shape index (κ2) is 9.22. The Kier molecular flexibility index (Phi) is 6.38. The molecule has 1 aliphatic rings. The van der Waals surface area contributed by atoms with Crippen molar-refractivity contribution in [2.24, 2.45) is 5.92 Å². The number of amides is 1. The molecule has 4 rings (SSSR count). The zero-order chi connectivity index (χ0) is 22.8. The SMILES string of the molecule is CC(C)CNc1nc2ccccn2c(=O)c1/C=C1/SC(=S)N(Cc2ccc(F)cc2)C1=O. The fraction of sp³-hybridized carbons (Fsp3) is 0.217. The molecular weight excluding hydrogens is 447 g/mol. The lowest BCUT2D eigenvalue weighted by molar-refractivity contribution is -0.122. The summed E-state index contributed by atoms with van der Waals surface area (Å²) in [6.45, 7) is 4.97. The van der Waals surface area contributed by atoms with Gasteiger partial charge >= 0.3 is 0 Å². The maximum absolute atomic E-state index is 13.2. The van der Waals surface area contributed by atoms with Crippen molar-refractivity contribution in [1.29, 1.82) is 0 Å². The van der Waals surface area contributed by atoms with Crippen molar-refractivity contribution >= 4 is 51.7 Å². The Morgan fingerprint density at radius 1 is 1.19 bits per heavy atom. The van der Waals surface area contributed by atoms with Crippen molar-refractivity contribution in [2.45, 2.75) is 20.4 Å². The van der Waals surface area contributed by atoms with Gasteiger partial charge in [-0.1, -0.05) is 56.0 Å². The summed E-state index contributed by atoms with van der Waals surface area (Å²) in [5.74, 6) is 0.132. The van der Waals surface area contributed by atoms with E-state index in [1.165, 1.54) is 21.4 Å². The van der Waals surface area contributed by atoms with Crippen LogP contribution in [0.4, 0.5) is 10.2 Å². The van der Waals surface area contributed by atoms with E-state index in [9.17, 15) is 14.0 Å². The Bertz CT molecular complexity index is 1290. The van der Waals surface area contributed by atoms with Crippen LogP contribution in [0.25, 0.3) is 11.7 Å². The Balaban J connectivity index is 1.71. The molecule has 3 aromatic rings. The largest absolute Gasteiger partial charge is 0.369 e. The number of pyridine rings is 1. The third kappa shape index (κ3) is 4.58. The molecule has 0 spiro atoms. The van der Waals surface area contributed by atoms with Gasteiger partial charge in [0.15, 0.2) is 0 Å². The number of anilines is 1. The number of nitrogens with zero attached hydrogens (tertiary/aromatic N) is 3. The molecule has 1 amide bonds. The number of fused-ring (bicyclic) bond motifs is 1. The van der Waals surface area contributed by atoms with E-state index in [-0.39, 0.29) is 23.8 Å². The smallest absolute Gasteiger partial charge is 0.267 e. The molecule has 3 heterocycles. The molecule has 1 fully saturated rings. The van der Waals surface area contributed by atoms with Gasteiger partial charge in [0, 0.05) is 12.7 Å². The summed E-state index contributed by atoms with van der Waals surface area (Å²) in [4.78, 5) is 32.7. The summed E-state index contributed by atoms with van der Waals surface area (Å²) >= 11 is 6.54. The second-order valence-corrected chi connectivity index (χ2v) is 9.45. The molecule has 32 heavy (non-hydrogen) atoms. The van der Waals surface area contributed by atoms with E-state index in [4.69, 9.17) is 12.2 Å². The van der Waals surface area contributed by atoms with Gasteiger partial charge in [0.2, 0.25) is 0 Å². The minimum Gasteiger partial charge on any atom is -0.369 e. The maximum atomic E-state index is 13.2. The molecule has 1 aliphatic heterocycles. The van der Waals surface area contributed by atoms with Crippen molar-refractivity contribution in [2.75, 3.05) is 11.9 Å². The molecule has 1 aromatic carbocycles. The molecule has 0 radical (unpaired) electrons. The highest BCUT2D eigenvalue weighted by molar-refractivity contribution is 8.26. The zero-order valence-electron chi connectivity index (χ0n) is 17.5. The van der Waals surface area contributed by atoms with E-state index < -0.39 is 0 Å². The monoisotopic (exact) mass is 468 g/mol. The quantitative estimate of drug-likeness (QED) is 0.430. The van der Waals surface area contributed by atoms with Gasteiger partial charge in [-0.25, -0.2) is 9.37 Å². The molecule has 1 N–H and O–H groups in total. The highest BCUT2D eigenvalue weighted by Gasteiger charge is 2.32. The highest BCUT2D eigenvalue weighted by Crippen LogP contribution is 2.34. The van der Waals surface area contributed by atoms with Crippen molar-refractivity contribution < 1.29 is 9.18 Å². The van der Waals surface area contributed by atoms with Gasteiger partial charge in [-0.15, -0.1) is 0 Å². The van der Waals surface area contributed by atoms with Crippen molar-refractivity contribution in [3.8, 4) is 0 Å². The predicted octanol–water partition coefficient (Wildman–Crippen LogP) is 4.30. The third-order valence-electron chi connectivity index (χ3n) is 4.85. The average Bonchev–Trinajstić information content (AvgIpc) is 3.03. The number of hydrogen-bond acceptors (Lipinski definition) is 6. The molecule has 1 saturated heterocycles. The van der Waals surface area contributed by atoms with Gasteiger partial charge in [0.05, 0.1) is 17.0 Å². The van der Waals surface area contributed by atoms with E-state index in [1.54, 1.807) is 36.5 Å². The minimum absolute atomic E-state index is 0.232. The van der Waals surface area contributed by atoms with Crippen molar-refractivity contribution in [1.82, 2.24) is 14.3 Å². The Labute approximate surface area is 194 Å². The molecule has 6 nitrogen and oxygen atoms in total. The fourth-order valence-corrected chi connectivity index (χ4v) is 4.45. The van der Waals surface area contributed by atoms with Crippen LogP contribution in [0.3, 0.4) is 0 Å². The lowest BCUT2D eigenvalue weighted by Gasteiger charge is -2.14. The molecule has 0 aliphatic carbocycles. The normalized spacial score (nSPS) is 15.4. The Morgan fingerprint density at radius 3 is 2.66 bits per heavy atom. The number of aromatic nitrogens is 2. The van der Waals surface area contributed by atoms with E-state index >= 15 is 0 Å².